The molecular weight excluding hydrogens is 562 g/mol. The molecule has 0 saturated carbocycles. The van der Waals surface area contributed by atoms with Gasteiger partial charge in [-0.25, -0.2) is 21.6 Å². The van der Waals surface area contributed by atoms with Crippen molar-refractivity contribution >= 4 is 37.5 Å². The van der Waals surface area contributed by atoms with E-state index in [0.29, 0.717) is 35.1 Å². The number of ether oxygens (including phenoxy) is 3. The zero-order valence-corrected chi connectivity index (χ0v) is 24.5. The molecule has 2 atom stereocenters. The van der Waals surface area contributed by atoms with Gasteiger partial charge in [0, 0.05) is 5.56 Å². The Hall–Kier alpha value is -3.33. The Morgan fingerprint density at radius 2 is 1.27 bits per heavy atom. The van der Waals surface area contributed by atoms with Crippen molar-refractivity contribution in [3.8, 4) is 0 Å². The number of aryl methyl sites for hydroxylation is 2. The lowest BCUT2D eigenvalue weighted by Crippen LogP contribution is -2.25. The van der Waals surface area contributed by atoms with E-state index in [1.165, 1.54) is 19.2 Å². The number of hydrogen-bond donors (Lipinski definition) is 2. The average Bonchev–Trinajstić information content (AvgIpc) is 2.91. The van der Waals surface area contributed by atoms with E-state index in [0.717, 1.165) is 5.56 Å². The summed E-state index contributed by atoms with van der Waals surface area (Å²) >= 11 is 0. The highest BCUT2D eigenvalue weighted by Gasteiger charge is 2.32. The molecule has 0 aromatic heterocycles. The SMILES string of the molecule is CCc1cc2c(cc1C(=O)N=C(N)N)S(=O)(=O)COC2C.CCc1cc2c(cc1C(=O)OC)S(=O)(=O)COC2C. The number of esters is 1. The normalized spacial score (nSPS) is 20.1. The number of nitrogens with two attached hydrogens (primary N) is 2. The predicted molar refractivity (Wildman–Crippen MR) is 146 cm³/mol. The van der Waals surface area contributed by atoms with Gasteiger partial charge in [0.2, 0.25) is 19.7 Å². The van der Waals surface area contributed by atoms with Gasteiger partial charge in [-0.05, 0) is 61.1 Å². The molecule has 2 aromatic carbocycles. The van der Waals surface area contributed by atoms with Crippen LogP contribution in [0.5, 0.6) is 0 Å². The molecule has 12 nitrogen and oxygen atoms in total. The van der Waals surface area contributed by atoms with Gasteiger partial charge in [-0.2, -0.15) is 4.99 Å². The Kier molecular flexibility index (Phi) is 9.39. The molecule has 14 heteroatoms. The van der Waals surface area contributed by atoms with E-state index in [4.69, 9.17) is 25.7 Å². The van der Waals surface area contributed by atoms with Crippen LogP contribution in [-0.4, -0.2) is 53.7 Å². The highest BCUT2D eigenvalue weighted by molar-refractivity contribution is 7.91. The fourth-order valence-electron chi connectivity index (χ4n) is 4.41. The largest absolute Gasteiger partial charge is 0.465 e. The quantitative estimate of drug-likeness (QED) is 0.299. The molecule has 0 fully saturated rings. The summed E-state index contributed by atoms with van der Waals surface area (Å²) < 4.78 is 63.4. The first kappa shape index (κ1) is 31.2. The standard InChI is InChI=1S/C13H17N3O4S.C13H16O5S/c1-3-8-4-9-7(2)20-6-21(18,19)11(9)5-10(8)12(17)16-13(14)15;1-4-9-5-10-8(2)18-7-19(15,16)12(10)6-11(9)13(14)17-3/h4-5,7H,3,6H2,1-2H3,(H4,14,15,16,17);5-6,8H,4,7H2,1-3H3. The number of rotatable bonds is 4. The van der Waals surface area contributed by atoms with Crippen molar-refractivity contribution in [2.45, 2.75) is 62.5 Å². The van der Waals surface area contributed by atoms with E-state index < -0.39 is 37.5 Å². The summed E-state index contributed by atoms with van der Waals surface area (Å²) in [5.74, 6) is -2.28. The van der Waals surface area contributed by atoms with Gasteiger partial charge in [0.1, 0.15) is 0 Å². The summed E-state index contributed by atoms with van der Waals surface area (Å²) in [7, 11) is -5.78. The highest BCUT2D eigenvalue weighted by Crippen LogP contribution is 2.35. The van der Waals surface area contributed by atoms with Gasteiger partial charge in [-0.1, -0.05) is 26.0 Å². The van der Waals surface area contributed by atoms with E-state index in [9.17, 15) is 26.4 Å². The zero-order valence-electron chi connectivity index (χ0n) is 22.9. The van der Waals surface area contributed by atoms with Crippen molar-refractivity contribution in [1.82, 2.24) is 0 Å². The molecule has 2 heterocycles. The summed E-state index contributed by atoms with van der Waals surface area (Å²) in [5, 5.41) is 0. The number of methoxy groups -OCH3 is 1. The molecule has 0 radical (unpaired) electrons. The number of carbonyl (C=O) groups is 2. The number of sulfone groups is 2. The molecule has 0 bridgehead atoms. The van der Waals surface area contributed by atoms with Crippen molar-refractivity contribution in [3.05, 3.63) is 57.6 Å². The lowest BCUT2D eigenvalue weighted by molar-refractivity contribution is 0.0597. The second-order valence-electron chi connectivity index (χ2n) is 9.22. The Labute approximate surface area is 233 Å². The molecule has 40 heavy (non-hydrogen) atoms. The minimum atomic E-state index is -3.57. The summed E-state index contributed by atoms with van der Waals surface area (Å²) in [6.07, 6.45) is 0.516. The van der Waals surface area contributed by atoms with Gasteiger partial charge in [0.25, 0.3) is 5.91 Å². The second kappa shape index (κ2) is 12.0. The zero-order chi connectivity index (χ0) is 30.0. The number of hydrogen-bond acceptors (Lipinski definition) is 9. The third-order valence-electron chi connectivity index (χ3n) is 6.59. The first-order valence-corrected chi connectivity index (χ1v) is 15.7. The fraction of sp³-hybridized carbons (Fsp3) is 0.423. The molecule has 4 rings (SSSR count). The summed E-state index contributed by atoms with van der Waals surface area (Å²) in [6, 6.07) is 6.15. The van der Waals surface area contributed by atoms with Crippen LogP contribution in [0.25, 0.3) is 0 Å². The van der Waals surface area contributed by atoms with Crippen molar-refractivity contribution in [2.24, 2.45) is 16.5 Å². The number of benzene rings is 2. The van der Waals surface area contributed by atoms with Gasteiger partial charge >= 0.3 is 5.97 Å². The Bertz CT molecular complexity index is 1580. The summed E-state index contributed by atoms with van der Waals surface area (Å²) in [4.78, 5) is 27.5. The number of carbonyl (C=O) groups excluding carboxylic acids is 2. The molecule has 2 aliphatic heterocycles. The number of guanidine groups is 1. The highest BCUT2D eigenvalue weighted by atomic mass is 32.2. The maximum absolute atomic E-state index is 12.1. The first-order valence-electron chi connectivity index (χ1n) is 12.4. The van der Waals surface area contributed by atoms with Crippen LogP contribution in [0.2, 0.25) is 0 Å². The second-order valence-corrected chi connectivity index (χ2v) is 13.0. The van der Waals surface area contributed by atoms with E-state index in [-0.39, 0.29) is 39.5 Å². The summed E-state index contributed by atoms with van der Waals surface area (Å²) in [6.45, 7) is 7.32. The van der Waals surface area contributed by atoms with Gasteiger partial charge in [-0.3, -0.25) is 4.79 Å². The fourth-order valence-corrected chi connectivity index (χ4v) is 7.20. The van der Waals surface area contributed by atoms with Crippen molar-refractivity contribution < 1.29 is 40.6 Å². The van der Waals surface area contributed by atoms with E-state index in [2.05, 4.69) is 4.99 Å². The summed E-state index contributed by atoms with van der Waals surface area (Å²) in [5.41, 5.74) is 13.5. The smallest absolute Gasteiger partial charge is 0.338 e. The van der Waals surface area contributed by atoms with Crippen LogP contribution in [0.15, 0.2) is 39.0 Å². The van der Waals surface area contributed by atoms with Crippen LogP contribution in [0.3, 0.4) is 0 Å². The van der Waals surface area contributed by atoms with Crippen LogP contribution < -0.4 is 11.5 Å². The molecule has 0 spiro atoms. The topological polar surface area (TPSA) is 195 Å². The van der Waals surface area contributed by atoms with Crippen LogP contribution >= 0.6 is 0 Å². The van der Waals surface area contributed by atoms with Crippen molar-refractivity contribution in [3.63, 3.8) is 0 Å². The third-order valence-corrected chi connectivity index (χ3v) is 9.53. The molecule has 4 N–H and O–H groups in total. The molecular formula is C26H33N3O9S2. The molecule has 2 aliphatic rings. The van der Waals surface area contributed by atoms with Crippen LogP contribution in [-0.2, 0) is 46.7 Å². The lowest BCUT2D eigenvalue weighted by Gasteiger charge is -2.24. The molecule has 0 aliphatic carbocycles. The Balaban J connectivity index is 0.000000222. The maximum Gasteiger partial charge on any atom is 0.338 e. The predicted octanol–water partition coefficient (Wildman–Crippen LogP) is 2.34. The van der Waals surface area contributed by atoms with Crippen molar-refractivity contribution in [2.75, 3.05) is 19.0 Å². The number of fused-ring (bicyclic) bond motifs is 2. The first-order chi connectivity index (χ1) is 18.7. The molecule has 218 valence electrons. The average molecular weight is 596 g/mol. The van der Waals surface area contributed by atoms with Crippen LogP contribution in [0, 0.1) is 0 Å². The molecule has 0 saturated heterocycles. The minimum Gasteiger partial charge on any atom is -0.465 e. The number of nitrogens with zero attached hydrogens (tertiary/aromatic N) is 1. The van der Waals surface area contributed by atoms with Gasteiger partial charge in [-0.15, -0.1) is 0 Å². The van der Waals surface area contributed by atoms with Crippen molar-refractivity contribution in [1.29, 1.82) is 0 Å². The molecule has 1 amide bonds. The minimum absolute atomic E-state index is 0.104. The number of aliphatic imine (C=N–C) groups is 1. The monoisotopic (exact) mass is 595 g/mol. The Morgan fingerprint density at radius 3 is 1.68 bits per heavy atom. The Morgan fingerprint density at radius 1 is 0.850 bits per heavy atom. The molecule has 2 aromatic rings. The van der Waals surface area contributed by atoms with Crippen LogP contribution in [0.1, 0.15) is 82.9 Å². The van der Waals surface area contributed by atoms with E-state index in [1.807, 2.05) is 13.8 Å². The number of amides is 1. The maximum atomic E-state index is 12.1. The van der Waals surface area contributed by atoms with Gasteiger partial charge < -0.3 is 25.7 Å². The van der Waals surface area contributed by atoms with E-state index in [1.54, 1.807) is 26.0 Å². The van der Waals surface area contributed by atoms with Gasteiger partial charge in [0.05, 0.1) is 34.7 Å². The third kappa shape index (κ3) is 6.35. The van der Waals surface area contributed by atoms with Gasteiger partial charge in [0.15, 0.2) is 17.8 Å². The lowest BCUT2D eigenvalue weighted by atomic mass is 9.99. The van der Waals surface area contributed by atoms with Crippen LogP contribution in [0.4, 0.5) is 0 Å². The van der Waals surface area contributed by atoms with E-state index >= 15 is 0 Å². The molecule has 2 unspecified atom stereocenters.